The molecule has 4 aromatic rings. The standard InChI is InChI=1S/C26H23Cl2N7O3.ClH/c27-18-3-1-2-15(10-18)13-30-23(36)16-4-5-20(28)21(12-16)32-24(37)19-11-17-14-31-26(34-22(17)33-25(19)38)35-8-6-29-7-9-35;/h1-5,10-12,14,29H,6-9,13H2,(H,30,36)(H,32,37)(H,31,33,34,38);1H. The summed E-state index contributed by atoms with van der Waals surface area (Å²) in [5.74, 6) is -0.528. The van der Waals surface area contributed by atoms with Crippen molar-refractivity contribution < 1.29 is 9.59 Å². The molecule has 0 unspecified atom stereocenters. The normalized spacial score (nSPS) is 13.0. The fourth-order valence-corrected chi connectivity index (χ4v) is 4.43. The van der Waals surface area contributed by atoms with Gasteiger partial charge in [0.1, 0.15) is 11.2 Å². The van der Waals surface area contributed by atoms with E-state index >= 15 is 0 Å². The number of nitrogens with zero attached hydrogens (tertiary/aromatic N) is 3. The molecule has 202 valence electrons. The molecule has 0 atom stereocenters. The number of carbonyl (C=O) groups is 2. The van der Waals surface area contributed by atoms with Crippen molar-refractivity contribution in [2.24, 2.45) is 0 Å². The quantitative estimate of drug-likeness (QED) is 0.270. The maximum Gasteiger partial charge on any atom is 0.262 e. The molecule has 0 spiro atoms. The Kier molecular flexibility index (Phi) is 9.03. The first-order valence-corrected chi connectivity index (χ1v) is 12.6. The monoisotopic (exact) mass is 587 g/mol. The smallest absolute Gasteiger partial charge is 0.262 e. The minimum Gasteiger partial charge on any atom is -0.348 e. The topological polar surface area (TPSA) is 132 Å². The van der Waals surface area contributed by atoms with Crippen LogP contribution in [0.2, 0.25) is 10.0 Å². The number of H-pyrrole nitrogens is 1. The van der Waals surface area contributed by atoms with Crippen molar-refractivity contribution in [3.63, 3.8) is 0 Å². The number of hydrogen-bond acceptors (Lipinski definition) is 7. The van der Waals surface area contributed by atoms with E-state index < -0.39 is 11.5 Å². The number of rotatable bonds is 6. The number of fused-ring (bicyclic) bond motifs is 1. The summed E-state index contributed by atoms with van der Waals surface area (Å²) in [5, 5.41) is 9.99. The van der Waals surface area contributed by atoms with Gasteiger partial charge in [-0.1, -0.05) is 35.3 Å². The summed E-state index contributed by atoms with van der Waals surface area (Å²) in [5.41, 5.74) is 0.915. The maximum absolute atomic E-state index is 13.0. The number of carbonyl (C=O) groups excluding carboxylic acids is 2. The van der Waals surface area contributed by atoms with Gasteiger partial charge in [0.25, 0.3) is 17.4 Å². The van der Waals surface area contributed by atoms with Crippen LogP contribution in [0.15, 0.2) is 59.5 Å². The number of nitrogens with one attached hydrogen (secondary N) is 4. The molecule has 10 nitrogen and oxygen atoms in total. The van der Waals surface area contributed by atoms with Crippen LogP contribution in [0.1, 0.15) is 26.3 Å². The Morgan fingerprint density at radius 2 is 1.82 bits per heavy atom. The van der Waals surface area contributed by atoms with Crippen LogP contribution in [0, 0.1) is 0 Å². The first kappa shape index (κ1) is 28.3. The summed E-state index contributed by atoms with van der Waals surface area (Å²) in [6.07, 6.45) is 1.57. The Hall–Kier alpha value is -3.70. The van der Waals surface area contributed by atoms with E-state index in [-0.39, 0.29) is 46.7 Å². The number of aromatic amines is 1. The fourth-order valence-electron chi connectivity index (χ4n) is 4.05. The lowest BCUT2D eigenvalue weighted by atomic mass is 10.1. The number of pyridine rings is 1. The van der Waals surface area contributed by atoms with E-state index in [1.807, 2.05) is 11.0 Å². The maximum atomic E-state index is 13.0. The molecule has 0 bridgehead atoms. The van der Waals surface area contributed by atoms with Crippen molar-refractivity contribution in [1.29, 1.82) is 0 Å². The van der Waals surface area contributed by atoms with Crippen LogP contribution in [0.25, 0.3) is 11.0 Å². The second kappa shape index (κ2) is 12.4. The first-order chi connectivity index (χ1) is 18.4. The average molecular weight is 589 g/mol. The average Bonchev–Trinajstić information content (AvgIpc) is 2.92. The first-order valence-electron chi connectivity index (χ1n) is 11.9. The van der Waals surface area contributed by atoms with Crippen LogP contribution < -0.4 is 26.4 Å². The van der Waals surface area contributed by atoms with Crippen LogP contribution in [0.4, 0.5) is 11.6 Å². The van der Waals surface area contributed by atoms with Crippen molar-refractivity contribution in [3.8, 4) is 0 Å². The minimum atomic E-state index is -0.683. The lowest BCUT2D eigenvalue weighted by molar-refractivity contribution is 0.0949. The van der Waals surface area contributed by atoms with Gasteiger partial charge in [0.05, 0.1) is 10.7 Å². The van der Waals surface area contributed by atoms with Gasteiger partial charge in [0, 0.05) is 54.9 Å². The van der Waals surface area contributed by atoms with Gasteiger partial charge in [-0.3, -0.25) is 14.4 Å². The number of amides is 2. The fraction of sp³-hybridized carbons (Fsp3) is 0.192. The predicted molar refractivity (Wildman–Crippen MR) is 155 cm³/mol. The zero-order valence-electron chi connectivity index (χ0n) is 20.5. The molecule has 1 aliphatic heterocycles. The Morgan fingerprint density at radius 1 is 1.03 bits per heavy atom. The van der Waals surface area contributed by atoms with Gasteiger partial charge >= 0.3 is 0 Å². The van der Waals surface area contributed by atoms with Gasteiger partial charge in [0.15, 0.2) is 0 Å². The molecule has 1 aliphatic rings. The van der Waals surface area contributed by atoms with Gasteiger partial charge in [-0.15, -0.1) is 12.4 Å². The second-order valence-corrected chi connectivity index (χ2v) is 9.53. The lowest BCUT2D eigenvalue weighted by Gasteiger charge is -2.27. The molecule has 0 radical (unpaired) electrons. The largest absolute Gasteiger partial charge is 0.348 e. The van der Waals surface area contributed by atoms with Gasteiger partial charge in [-0.2, -0.15) is 4.98 Å². The van der Waals surface area contributed by atoms with E-state index in [2.05, 4.69) is 30.9 Å². The van der Waals surface area contributed by atoms with Gasteiger partial charge < -0.3 is 25.8 Å². The number of benzene rings is 2. The Morgan fingerprint density at radius 3 is 2.59 bits per heavy atom. The van der Waals surface area contributed by atoms with E-state index in [1.165, 1.54) is 18.2 Å². The molecular formula is C26H24Cl3N7O3. The molecule has 0 aliphatic carbocycles. The third-order valence-electron chi connectivity index (χ3n) is 6.04. The van der Waals surface area contributed by atoms with E-state index in [4.69, 9.17) is 23.2 Å². The van der Waals surface area contributed by atoms with Crippen LogP contribution >= 0.6 is 35.6 Å². The summed E-state index contributed by atoms with van der Waals surface area (Å²) in [6.45, 7) is 3.44. The SMILES string of the molecule is Cl.O=C(NCc1cccc(Cl)c1)c1ccc(Cl)c(NC(=O)c2cc3cnc(N4CCNCC4)nc3[nH]c2=O)c1. The molecule has 13 heteroatoms. The minimum absolute atomic E-state index is 0. The number of anilines is 2. The molecule has 3 heterocycles. The summed E-state index contributed by atoms with van der Waals surface area (Å²) < 4.78 is 0. The summed E-state index contributed by atoms with van der Waals surface area (Å²) >= 11 is 12.3. The van der Waals surface area contributed by atoms with Crippen molar-refractivity contribution in [2.75, 3.05) is 36.4 Å². The van der Waals surface area contributed by atoms with Crippen LogP contribution in [0.5, 0.6) is 0 Å². The van der Waals surface area contributed by atoms with Crippen molar-refractivity contribution in [3.05, 3.63) is 91.8 Å². The number of hydrogen-bond donors (Lipinski definition) is 4. The third-order valence-corrected chi connectivity index (χ3v) is 6.61. The molecule has 1 saturated heterocycles. The Bertz CT molecular complexity index is 1590. The molecule has 5 rings (SSSR count). The van der Waals surface area contributed by atoms with E-state index in [0.29, 0.717) is 22.0 Å². The number of piperazine rings is 1. The van der Waals surface area contributed by atoms with Gasteiger partial charge in [0.2, 0.25) is 5.95 Å². The Balaban J connectivity index is 0.00000353. The Labute approximate surface area is 239 Å². The highest BCUT2D eigenvalue weighted by atomic mass is 35.5. The highest BCUT2D eigenvalue weighted by Gasteiger charge is 2.18. The number of halogens is 3. The van der Waals surface area contributed by atoms with E-state index in [9.17, 15) is 14.4 Å². The highest BCUT2D eigenvalue weighted by Crippen LogP contribution is 2.24. The lowest BCUT2D eigenvalue weighted by Crippen LogP contribution is -2.44. The molecule has 39 heavy (non-hydrogen) atoms. The molecule has 2 aromatic carbocycles. The van der Waals surface area contributed by atoms with E-state index in [0.717, 1.165) is 31.7 Å². The molecule has 1 fully saturated rings. The summed E-state index contributed by atoms with van der Waals surface area (Å²) in [6, 6.07) is 13.1. The zero-order valence-corrected chi connectivity index (χ0v) is 22.8. The summed E-state index contributed by atoms with van der Waals surface area (Å²) in [4.78, 5) is 52.0. The van der Waals surface area contributed by atoms with Crippen molar-refractivity contribution >= 4 is 70.1 Å². The zero-order chi connectivity index (χ0) is 26.6. The summed E-state index contributed by atoms with van der Waals surface area (Å²) in [7, 11) is 0. The van der Waals surface area contributed by atoms with Gasteiger partial charge in [-0.25, -0.2) is 4.98 Å². The molecular weight excluding hydrogens is 565 g/mol. The van der Waals surface area contributed by atoms with E-state index in [1.54, 1.807) is 30.5 Å². The highest BCUT2D eigenvalue weighted by molar-refractivity contribution is 6.34. The van der Waals surface area contributed by atoms with Crippen LogP contribution in [0.3, 0.4) is 0 Å². The predicted octanol–water partition coefficient (Wildman–Crippen LogP) is 3.64. The molecule has 4 N–H and O–H groups in total. The van der Waals surface area contributed by atoms with Crippen molar-refractivity contribution in [1.82, 2.24) is 25.6 Å². The van der Waals surface area contributed by atoms with Gasteiger partial charge in [-0.05, 0) is 42.0 Å². The molecule has 2 amide bonds. The van der Waals surface area contributed by atoms with Crippen LogP contribution in [-0.4, -0.2) is 52.9 Å². The second-order valence-electron chi connectivity index (χ2n) is 8.68. The molecule has 0 saturated carbocycles. The van der Waals surface area contributed by atoms with Crippen molar-refractivity contribution in [2.45, 2.75) is 6.54 Å². The third kappa shape index (κ3) is 6.66. The number of aromatic nitrogens is 3. The molecule has 2 aromatic heterocycles. The van der Waals surface area contributed by atoms with Crippen LogP contribution in [-0.2, 0) is 6.54 Å².